The molecule has 214 valence electrons. The van der Waals surface area contributed by atoms with Gasteiger partial charge >= 0.3 is 0 Å². The summed E-state index contributed by atoms with van der Waals surface area (Å²) in [7, 11) is 1.59. The molecule has 0 aliphatic heterocycles. The van der Waals surface area contributed by atoms with Crippen LogP contribution >= 0.6 is 23.4 Å². The number of methoxy groups -OCH3 is 1. The molecular formula is C35H28ClN3O3S. The molecule has 0 aliphatic rings. The van der Waals surface area contributed by atoms with Crippen molar-refractivity contribution in [2.75, 3.05) is 18.2 Å². The van der Waals surface area contributed by atoms with Gasteiger partial charge in [0.2, 0.25) is 5.91 Å². The van der Waals surface area contributed by atoms with Gasteiger partial charge in [0.05, 0.1) is 24.1 Å². The minimum atomic E-state index is -0.227. The molecule has 1 N–H and O–H groups in total. The molecule has 1 amide bonds. The molecule has 0 radical (unpaired) electrons. The predicted molar refractivity (Wildman–Crippen MR) is 173 cm³/mol. The fraction of sp³-hybridized carbons (Fsp3) is 0.114. The number of nitriles is 1. The first kappa shape index (κ1) is 29.7. The van der Waals surface area contributed by atoms with Crippen molar-refractivity contribution in [1.29, 1.82) is 5.26 Å². The third kappa shape index (κ3) is 7.36. The van der Waals surface area contributed by atoms with E-state index in [1.165, 1.54) is 11.8 Å². The number of halogens is 1. The summed E-state index contributed by atoms with van der Waals surface area (Å²) in [6.07, 6.45) is 0. The van der Waals surface area contributed by atoms with E-state index in [0.29, 0.717) is 50.7 Å². The predicted octanol–water partition coefficient (Wildman–Crippen LogP) is 8.57. The fourth-order valence-electron chi connectivity index (χ4n) is 4.46. The molecule has 0 aliphatic carbocycles. The number of benzene rings is 4. The van der Waals surface area contributed by atoms with Crippen LogP contribution in [0.2, 0.25) is 5.02 Å². The van der Waals surface area contributed by atoms with Crippen molar-refractivity contribution in [3.05, 3.63) is 125 Å². The van der Waals surface area contributed by atoms with E-state index in [-0.39, 0.29) is 11.7 Å². The highest BCUT2D eigenvalue weighted by molar-refractivity contribution is 8.00. The summed E-state index contributed by atoms with van der Waals surface area (Å²) in [4.78, 5) is 17.7. The monoisotopic (exact) mass is 605 g/mol. The quantitative estimate of drug-likeness (QED) is 0.161. The van der Waals surface area contributed by atoms with Gasteiger partial charge < -0.3 is 14.8 Å². The van der Waals surface area contributed by atoms with E-state index in [2.05, 4.69) is 11.4 Å². The molecule has 6 nitrogen and oxygen atoms in total. The van der Waals surface area contributed by atoms with Crippen LogP contribution in [0, 0.1) is 18.3 Å². The molecule has 4 aromatic carbocycles. The molecule has 8 heteroatoms. The van der Waals surface area contributed by atoms with Crippen LogP contribution < -0.4 is 14.8 Å². The second-order valence-corrected chi connectivity index (χ2v) is 11.0. The number of anilines is 1. The van der Waals surface area contributed by atoms with Crippen molar-refractivity contribution in [1.82, 2.24) is 4.98 Å². The Balaban J connectivity index is 1.47. The Morgan fingerprint density at radius 1 is 0.930 bits per heavy atom. The third-order valence-corrected chi connectivity index (χ3v) is 7.90. The molecule has 5 aromatic rings. The molecular weight excluding hydrogens is 578 g/mol. The first-order chi connectivity index (χ1) is 20.9. The molecule has 1 heterocycles. The van der Waals surface area contributed by atoms with Crippen LogP contribution in [-0.2, 0) is 11.4 Å². The number of pyridine rings is 1. The van der Waals surface area contributed by atoms with E-state index in [1.54, 1.807) is 19.2 Å². The summed E-state index contributed by atoms with van der Waals surface area (Å²) >= 11 is 7.33. The number of hydrogen-bond acceptors (Lipinski definition) is 6. The minimum absolute atomic E-state index is 0.0564. The van der Waals surface area contributed by atoms with Gasteiger partial charge in [-0.05, 0) is 53.9 Å². The van der Waals surface area contributed by atoms with Gasteiger partial charge in [-0.2, -0.15) is 5.26 Å². The van der Waals surface area contributed by atoms with Gasteiger partial charge in [-0.1, -0.05) is 96.2 Å². The second-order valence-electron chi connectivity index (χ2n) is 9.65. The van der Waals surface area contributed by atoms with E-state index in [1.807, 2.05) is 97.9 Å². The Hall–Kier alpha value is -4.77. The summed E-state index contributed by atoms with van der Waals surface area (Å²) in [5.41, 5.74) is 5.98. The lowest BCUT2D eigenvalue weighted by Crippen LogP contribution is -2.15. The SMILES string of the molecule is COc1cc(-c2cc(-c3ccccc3)nc(SCC(=O)Nc3cc(Cl)ccc3C)c2C#N)ccc1OCc1ccccc1. The summed E-state index contributed by atoms with van der Waals surface area (Å²) in [6.45, 7) is 2.29. The number of carbonyl (C=O) groups excluding carboxylic acids is 1. The second kappa shape index (κ2) is 13.9. The van der Waals surface area contributed by atoms with E-state index < -0.39 is 0 Å². The largest absolute Gasteiger partial charge is 0.493 e. The Bertz CT molecular complexity index is 1790. The van der Waals surface area contributed by atoms with Crippen LogP contribution in [0.15, 0.2) is 108 Å². The molecule has 0 saturated carbocycles. The van der Waals surface area contributed by atoms with Crippen LogP contribution in [0.25, 0.3) is 22.4 Å². The average Bonchev–Trinajstić information content (AvgIpc) is 3.04. The number of hydrogen-bond donors (Lipinski definition) is 1. The molecule has 0 atom stereocenters. The first-order valence-electron chi connectivity index (χ1n) is 13.5. The van der Waals surface area contributed by atoms with Gasteiger partial charge in [-0.25, -0.2) is 4.98 Å². The van der Waals surface area contributed by atoms with Gasteiger partial charge in [-0.15, -0.1) is 0 Å². The smallest absolute Gasteiger partial charge is 0.234 e. The number of aryl methyl sites for hydroxylation is 1. The molecule has 0 saturated heterocycles. The Morgan fingerprint density at radius 3 is 2.40 bits per heavy atom. The van der Waals surface area contributed by atoms with Crippen LogP contribution in [0.5, 0.6) is 11.5 Å². The van der Waals surface area contributed by atoms with Gasteiger partial charge in [0.25, 0.3) is 0 Å². The summed E-state index contributed by atoms with van der Waals surface area (Å²) in [5, 5.41) is 14.2. The molecule has 1 aromatic heterocycles. The number of nitrogens with zero attached hydrogens (tertiary/aromatic N) is 2. The number of rotatable bonds is 10. The van der Waals surface area contributed by atoms with E-state index in [4.69, 9.17) is 26.1 Å². The van der Waals surface area contributed by atoms with Crippen molar-refractivity contribution in [2.24, 2.45) is 0 Å². The van der Waals surface area contributed by atoms with Crippen molar-refractivity contribution in [3.63, 3.8) is 0 Å². The zero-order valence-electron chi connectivity index (χ0n) is 23.6. The van der Waals surface area contributed by atoms with E-state index >= 15 is 0 Å². The third-order valence-electron chi connectivity index (χ3n) is 6.69. The number of nitrogens with one attached hydrogen (secondary N) is 1. The number of ether oxygens (including phenoxy) is 2. The fourth-order valence-corrected chi connectivity index (χ4v) is 5.43. The highest BCUT2D eigenvalue weighted by Crippen LogP contribution is 2.38. The van der Waals surface area contributed by atoms with E-state index in [0.717, 1.165) is 22.3 Å². The van der Waals surface area contributed by atoms with Crippen molar-refractivity contribution in [3.8, 4) is 40.0 Å². The number of carbonyl (C=O) groups is 1. The maximum absolute atomic E-state index is 12.9. The molecule has 0 fully saturated rings. The lowest BCUT2D eigenvalue weighted by atomic mass is 9.99. The zero-order chi connectivity index (χ0) is 30.2. The minimum Gasteiger partial charge on any atom is -0.493 e. The van der Waals surface area contributed by atoms with Crippen molar-refractivity contribution < 1.29 is 14.3 Å². The lowest BCUT2D eigenvalue weighted by Gasteiger charge is -2.15. The summed E-state index contributed by atoms with van der Waals surface area (Å²) < 4.78 is 11.7. The highest BCUT2D eigenvalue weighted by Gasteiger charge is 2.19. The molecule has 5 rings (SSSR count). The normalized spacial score (nSPS) is 10.6. The maximum atomic E-state index is 12.9. The zero-order valence-corrected chi connectivity index (χ0v) is 25.2. The van der Waals surface area contributed by atoms with Gasteiger partial charge in [0.1, 0.15) is 17.7 Å². The topological polar surface area (TPSA) is 84.2 Å². The first-order valence-corrected chi connectivity index (χ1v) is 14.9. The Kier molecular flexibility index (Phi) is 9.63. The number of amides is 1. The summed E-state index contributed by atoms with van der Waals surface area (Å²) in [6, 6.07) is 34.8. The molecule has 0 bridgehead atoms. The molecule has 0 spiro atoms. The lowest BCUT2D eigenvalue weighted by molar-refractivity contribution is -0.113. The number of aromatic nitrogens is 1. The van der Waals surface area contributed by atoms with E-state index in [9.17, 15) is 10.1 Å². The van der Waals surface area contributed by atoms with Gasteiger partial charge in [0, 0.05) is 21.8 Å². The molecule has 43 heavy (non-hydrogen) atoms. The average molecular weight is 606 g/mol. The van der Waals surface area contributed by atoms with Crippen LogP contribution in [-0.4, -0.2) is 23.8 Å². The van der Waals surface area contributed by atoms with Gasteiger partial charge in [0.15, 0.2) is 11.5 Å². The molecule has 0 unspecified atom stereocenters. The van der Waals surface area contributed by atoms with Gasteiger partial charge in [-0.3, -0.25) is 4.79 Å². The van der Waals surface area contributed by atoms with Crippen LogP contribution in [0.3, 0.4) is 0 Å². The van der Waals surface area contributed by atoms with Crippen molar-refractivity contribution in [2.45, 2.75) is 18.6 Å². The number of thioether (sulfide) groups is 1. The van der Waals surface area contributed by atoms with Crippen molar-refractivity contribution >= 4 is 35.0 Å². The Labute approximate surface area is 260 Å². The standard InChI is InChI=1S/C35H28ClN3O3S/c1-23-13-15-27(36)18-30(23)38-34(40)22-43-35-29(20-37)28(19-31(39-35)25-11-7-4-8-12-25)26-14-16-32(33(17-26)41-2)42-21-24-9-5-3-6-10-24/h3-19H,21-22H2,1-2H3,(H,38,40). The van der Waals surface area contributed by atoms with Crippen LogP contribution in [0.4, 0.5) is 5.69 Å². The maximum Gasteiger partial charge on any atom is 0.234 e. The highest BCUT2D eigenvalue weighted by atomic mass is 35.5. The van der Waals surface area contributed by atoms with Crippen LogP contribution in [0.1, 0.15) is 16.7 Å². The summed E-state index contributed by atoms with van der Waals surface area (Å²) in [5.74, 6) is 0.963. The Morgan fingerprint density at radius 2 is 1.67 bits per heavy atom.